The number of rotatable bonds is 2. The fourth-order valence-electron chi connectivity index (χ4n) is 2.36. The van der Waals surface area contributed by atoms with Crippen molar-refractivity contribution in [3.05, 3.63) is 24.3 Å². The van der Waals surface area contributed by atoms with Crippen molar-refractivity contribution in [2.45, 2.75) is 32.4 Å². The van der Waals surface area contributed by atoms with Gasteiger partial charge in [-0.3, -0.25) is 0 Å². The molecule has 0 aliphatic carbocycles. The van der Waals surface area contributed by atoms with Crippen LogP contribution in [0.15, 0.2) is 24.3 Å². The van der Waals surface area contributed by atoms with Gasteiger partial charge in [-0.15, -0.1) is 0 Å². The van der Waals surface area contributed by atoms with Crippen LogP contribution in [0.1, 0.15) is 20.3 Å². The molecule has 1 aliphatic heterocycles. The highest BCUT2D eigenvalue weighted by Crippen LogP contribution is 2.30. The molecular weight excluding hydrogens is 212 g/mol. The van der Waals surface area contributed by atoms with Crippen LogP contribution < -0.4 is 15.0 Å². The number of nitrogens with zero attached hydrogens (tertiary/aromatic N) is 1. The summed E-state index contributed by atoms with van der Waals surface area (Å²) in [5, 5.41) is 3.55. The lowest BCUT2D eigenvalue weighted by atomic mass is 10.2. The molecule has 0 aromatic heterocycles. The van der Waals surface area contributed by atoms with E-state index >= 15 is 0 Å². The number of para-hydroxylation sites is 2. The van der Waals surface area contributed by atoms with Crippen LogP contribution in [-0.2, 0) is 0 Å². The molecule has 1 aliphatic rings. The summed E-state index contributed by atoms with van der Waals surface area (Å²) in [6, 6.07) is 9.36. The second kappa shape index (κ2) is 5.41. The predicted molar refractivity (Wildman–Crippen MR) is 71.9 cm³/mol. The molecule has 2 rings (SSSR count). The Morgan fingerprint density at radius 1 is 1.29 bits per heavy atom. The number of hydrogen-bond acceptors (Lipinski definition) is 3. The molecular formula is C14H22N2O. The Morgan fingerprint density at radius 3 is 2.82 bits per heavy atom. The molecule has 1 aromatic carbocycles. The molecule has 1 N–H and O–H groups in total. The van der Waals surface area contributed by atoms with Gasteiger partial charge in [0.25, 0.3) is 0 Å². The van der Waals surface area contributed by atoms with Gasteiger partial charge in [0.05, 0.1) is 12.8 Å². The summed E-state index contributed by atoms with van der Waals surface area (Å²) in [4.78, 5) is 2.44. The van der Waals surface area contributed by atoms with Gasteiger partial charge in [0.2, 0.25) is 0 Å². The van der Waals surface area contributed by atoms with E-state index in [1.165, 1.54) is 12.1 Å². The molecule has 0 amide bonds. The van der Waals surface area contributed by atoms with Gasteiger partial charge in [-0.25, -0.2) is 0 Å². The van der Waals surface area contributed by atoms with Crippen LogP contribution >= 0.6 is 0 Å². The predicted octanol–water partition coefficient (Wildman–Crippen LogP) is 2.27. The van der Waals surface area contributed by atoms with Gasteiger partial charge >= 0.3 is 0 Å². The largest absolute Gasteiger partial charge is 0.495 e. The number of nitrogens with one attached hydrogen (secondary N) is 1. The normalized spacial score (nSPS) is 25.5. The summed E-state index contributed by atoms with van der Waals surface area (Å²) in [6.45, 7) is 6.62. The molecule has 17 heavy (non-hydrogen) atoms. The van der Waals surface area contributed by atoms with Crippen molar-refractivity contribution in [1.82, 2.24) is 5.32 Å². The third-order valence-electron chi connectivity index (χ3n) is 3.49. The van der Waals surface area contributed by atoms with Crippen molar-refractivity contribution < 1.29 is 4.74 Å². The molecule has 1 saturated heterocycles. The monoisotopic (exact) mass is 234 g/mol. The fraction of sp³-hybridized carbons (Fsp3) is 0.571. The molecule has 0 spiro atoms. The second-order valence-electron chi connectivity index (χ2n) is 4.81. The van der Waals surface area contributed by atoms with Gasteiger partial charge in [0, 0.05) is 25.2 Å². The molecule has 94 valence electrons. The zero-order valence-electron chi connectivity index (χ0n) is 10.9. The Bertz CT molecular complexity index is 367. The average molecular weight is 234 g/mol. The lowest BCUT2D eigenvalue weighted by molar-refractivity contribution is 0.413. The van der Waals surface area contributed by atoms with Crippen LogP contribution in [0.3, 0.4) is 0 Å². The molecule has 2 unspecified atom stereocenters. The summed E-state index contributed by atoms with van der Waals surface area (Å²) in [6.07, 6.45) is 1.17. The number of methoxy groups -OCH3 is 1. The standard InChI is InChI=1S/C14H22N2O/c1-11-8-9-16(12(2)10-15-11)13-6-4-5-7-14(13)17-3/h4-7,11-12,15H,8-10H2,1-3H3. The number of hydrogen-bond donors (Lipinski definition) is 1. The van der Waals surface area contributed by atoms with Crippen LogP contribution in [0.5, 0.6) is 5.75 Å². The number of benzene rings is 1. The smallest absolute Gasteiger partial charge is 0.142 e. The molecule has 1 heterocycles. The van der Waals surface area contributed by atoms with Gasteiger partial charge in [-0.2, -0.15) is 0 Å². The van der Waals surface area contributed by atoms with Crippen molar-refractivity contribution in [3.63, 3.8) is 0 Å². The Labute approximate surface area is 104 Å². The third-order valence-corrected chi connectivity index (χ3v) is 3.49. The van der Waals surface area contributed by atoms with E-state index in [0.717, 1.165) is 18.8 Å². The first-order chi connectivity index (χ1) is 8.22. The zero-order valence-corrected chi connectivity index (χ0v) is 10.9. The van der Waals surface area contributed by atoms with Crippen LogP contribution in [0.4, 0.5) is 5.69 Å². The number of anilines is 1. The highest BCUT2D eigenvalue weighted by Gasteiger charge is 2.21. The van der Waals surface area contributed by atoms with Crippen molar-refractivity contribution in [3.8, 4) is 5.75 Å². The lowest BCUT2D eigenvalue weighted by Crippen LogP contribution is -2.38. The summed E-state index contributed by atoms with van der Waals surface area (Å²) < 4.78 is 5.45. The van der Waals surface area contributed by atoms with Crippen LogP contribution in [-0.4, -0.2) is 32.3 Å². The zero-order chi connectivity index (χ0) is 12.3. The Morgan fingerprint density at radius 2 is 2.06 bits per heavy atom. The highest BCUT2D eigenvalue weighted by molar-refractivity contribution is 5.59. The minimum Gasteiger partial charge on any atom is -0.495 e. The van der Waals surface area contributed by atoms with E-state index in [1.807, 2.05) is 12.1 Å². The molecule has 2 atom stereocenters. The minimum atomic E-state index is 0.497. The third kappa shape index (κ3) is 2.72. The first-order valence-corrected chi connectivity index (χ1v) is 6.35. The van der Waals surface area contributed by atoms with E-state index in [-0.39, 0.29) is 0 Å². The second-order valence-corrected chi connectivity index (χ2v) is 4.81. The fourth-order valence-corrected chi connectivity index (χ4v) is 2.36. The van der Waals surface area contributed by atoms with E-state index in [4.69, 9.17) is 4.74 Å². The van der Waals surface area contributed by atoms with E-state index in [9.17, 15) is 0 Å². The molecule has 1 aromatic rings. The maximum absolute atomic E-state index is 5.45. The van der Waals surface area contributed by atoms with Gasteiger partial charge in [-0.1, -0.05) is 12.1 Å². The summed E-state index contributed by atoms with van der Waals surface area (Å²) >= 11 is 0. The summed E-state index contributed by atoms with van der Waals surface area (Å²) in [5.74, 6) is 0.967. The topological polar surface area (TPSA) is 24.5 Å². The van der Waals surface area contributed by atoms with Gasteiger partial charge in [0.15, 0.2) is 0 Å². The average Bonchev–Trinajstić information content (AvgIpc) is 2.52. The van der Waals surface area contributed by atoms with Gasteiger partial charge in [0.1, 0.15) is 5.75 Å². The van der Waals surface area contributed by atoms with E-state index in [1.54, 1.807) is 7.11 Å². The maximum Gasteiger partial charge on any atom is 0.142 e. The quantitative estimate of drug-likeness (QED) is 0.849. The number of ether oxygens (including phenoxy) is 1. The lowest BCUT2D eigenvalue weighted by Gasteiger charge is -2.30. The molecule has 3 heteroatoms. The van der Waals surface area contributed by atoms with Crippen molar-refractivity contribution >= 4 is 5.69 Å². The van der Waals surface area contributed by atoms with Crippen LogP contribution in [0.25, 0.3) is 0 Å². The SMILES string of the molecule is COc1ccccc1N1CCC(C)NCC1C. The Kier molecular flexibility index (Phi) is 3.89. The first kappa shape index (κ1) is 12.2. The molecule has 0 bridgehead atoms. The van der Waals surface area contributed by atoms with Gasteiger partial charge in [-0.05, 0) is 32.4 Å². The van der Waals surface area contributed by atoms with E-state index < -0.39 is 0 Å². The Balaban J connectivity index is 2.24. The summed E-state index contributed by atoms with van der Waals surface area (Å²) in [5.41, 5.74) is 1.21. The molecule has 3 nitrogen and oxygen atoms in total. The van der Waals surface area contributed by atoms with Crippen LogP contribution in [0, 0.1) is 0 Å². The van der Waals surface area contributed by atoms with Gasteiger partial charge < -0.3 is 15.0 Å². The summed E-state index contributed by atoms with van der Waals surface area (Å²) in [7, 11) is 1.74. The van der Waals surface area contributed by atoms with E-state index in [0.29, 0.717) is 12.1 Å². The molecule has 0 saturated carbocycles. The molecule has 0 radical (unpaired) electrons. The van der Waals surface area contributed by atoms with E-state index in [2.05, 4.69) is 36.2 Å². The van der Waals surface area contributed by atoms with Crippen molar-refractivity contribution in [1.29, 1.82) is 0 Å². The molecule has 1 fully saturated rings. The van der Waals surface area contributed by atoms with Crippen molar-refractivity contribution in [2.24, 2.45) is 0 Å². The first-order valence-electron chi connectivity index (χ1n) is 6.35. The highest BCUT2D eigenvalue weighted by atomic mass is 16.5. The van der Waals surface area contributed by atoms with Crippen molar-refractivity contribution in [2.75, 3.05) is 25.1 Å². The Hall–Kier alpha value is -1.22. The maximum atomic E-state index is 5.45. The minimum absolute atomic E-state index is 0.497. The van der Waals surface area contributed by atoms with Crippen LogP contribution in [0.2, 0.25) is 0 Å².